The van der Waals surface area contributed by atoms with Crippen molar-refractivity contribution in [2.75, 3.05) is 6.61 Å². The van der Waals surface area contributed by atoms with Crippen LogP contribution in [0.1, 0.15) is 38.3 Å². The van der Waals surface area contributed by atoms with Gasteiger partial charge in [0.1, 0.15) is 5.75 Å². The minimum atomic E-state index is 0.163. The summed E-state index contributed by atoms with van der Waals surface area (Å²) in [5.74, 6) is 1.08. The average molecular weight is 247 g/mol. The molecular formula is C16H25NO. The molecule has 2 nitrogen and oxygen atoms in total. The second kappa shape index (κ2) is 6.60. The van der Waals surface area contributed by atoms with Crippen LogP contribution in [0.15, 0.2) is 31.4 Å². The highest BCUT2D eigenvalue weighted by Gasteiger charge is 2.12. The lowest BCUT2D eigenvalue weighted by atomic mass is 10.0. The van der Waals surface area contributed by atoms with Gasteiger partial charge in [-0.3, -0.25) is 0 Å². The fourth-order valence-electron chi connectivity index (χ4n) is 1.86. The molecule has 1 N–H and O–H groups in total. The Hall–Kier alpha value is -1.28. The first-order valence-electron chi connectivity index (χ1n) is 6.54. The molecular weight excluding hydrogens is 222 g/mol. The number of hydrogen-bond acceptors (Lipinski definition) is 2. The van der Waals surface area contributed by atoms with Crippen LogP contribution in [0.4, 0.5) is 0 Å². The molecule has 0 spiro atoms. The molecule has 0 aliphatic carbocycles. The maximum Gasteiger partial charge on any atom is 0.122 e. The van der Waals surface area contributed by atoms with Crippen LogP contribution in [0.5, 0.6) is 5.75 Å². The van der Waals surface area contributed by atoms with Crippen LogP contribution in [0.25, 0.3) is 0 Å². The van der Waals surface area contributed by atoms with Crippen molar-refractivity contribution in [1.29, 1.82) is 0 Å². The fourth-order valence-corrected chi connectivity index (χ4v) is 1.86. The lowest BCUT2D eigenvalue weighted by Crippen LogP contribution is -2.35. The summed E-state index contributed by atoms with van der Waals surface area (Å²) in [7, 11) is 0. The molecule has 1 aliphatic rings. The van der Waals surface area contributed by atoms with Crippen molar-refractivity contribution in [3.8, 4) is 5.75 Å². The molecule has 0 bridgehead atoms. The van der Waals surface area contributed by atoms with Gasteiger partial charge in [0.25, 0.3) is 0 Å². The van der Waals surface area contributed by atoms with Gasteiger partial charge in [-0.05, 0) is 50.8 Å². The number of rotatable bonds is 2. The van der Waals surface area contributed by atoms with E-state index in [1.165, 1.54) is 11.1 Å². The highest BCUT2D eigenvalue weighted by Crippen LogP contribution is 2.25. The molecule has 0 unspecified atom stereocenters. The first-order chi connectivity index (χ1) is 8.54. The highest BCUT2D eigenvalue weighted by atomic mass is 16.5. The zero-order chi connectivity index (χ0) is 13.6. The van der Waals surface area contributed by atoms with E-state index < -0.39 is 0 Å². The lowest BCUT2D eigenvalue weighted by Gasteiger charge is -2.22. The molecule has 0 fully saturated rings. The zero-order valence-electron chi connectivity index (χ0n) is 11.9. The Morgan fingerprint density at radius 2 is 2.00 bits per heavy atom. The van der Waals surface area contributed by atoms with Crippen molar-refractivity contribution in [2.45, 2.75) is 45.7 Å². The molecule has 100 valence electrons. The molecule has 1 heterocycles. The standard InChI is InChI=1S/C14H21NO.C2H4/c1-14(2,3)15-10-11-6-7-12-5-4-8-16-13(12)9-11;1-2/h6-7,9,15H,4-5,8,10H2,1-3H3;1-2H2. The van der Waals surface area contributed by atoms with Crippen LogP contribution in [0.2, 0.25) is 0 Å². The monoisotopic (exact) mass is 247 g/mol. The van der Waals surface area contributed by atoms with Gasteiger partial charge < -0.3 is 10.1 Å². The molecule has 0 atom stereocenters. The summed E-state index contributed by atoms with van der Waals surface area (Å²) in [6, 6.07) is 6.58. The Morgan fingerprint density at radius 3 is 2.67 bits per heavy atom. The summed E-state index contributed by atoms with van der Waals surface area (Å²) >= 11 is 0. The number of fused-ring (bicyclic) bond motifs is 1. The first-order valence-corrected chi connectivity index (χ1v) is 6.54. The third-order valence-electron chi connectivity index (χ3n) is 2.80. The van der Waals surface area contributed by atoms with E-state index in [2.05, 4.69) is 57.4 Å². The molecule has 2 heteroatoms. The van der Waals surface area contributed by atoms with E-state index >= 15 is 0 Å². The van der Waals surface area contributed by atoms with Crippen molar-refractivity contribution < 1.29 is 4.74 Å². The van der Waals surface area contributed by atoms with Gasteiger partial charge in [-0.25, -0.2) is 0 Å². The second-order valence-corrected chi connectivity index (χ2v) is 5.50. The van der Waals surface area contributed by atoms with E-state index in [0.29, 0.717) is 0 Å². The van der Waals surface area contributed by atoms with Crippen LogP contribution in [0, 0.1) is 0 Å². The Kier molecular flexibility index (Phi) is 5.42. The maximum absolute atomic E-state index is 5.67. The average Bonchev–Trinajstić information content (AvgIpc) is 2.38. The van der Waals surface area contributed by atoms with Crippen LogP contribution < -0.4 is 10.1 Å². The van der Waals surface area contributed by atoms with Crippen molar-refractivity contribution in [1.82, 2.24) is 5.32 Å². The van der Waals surface area contributed by atoms with E-state index in [1.807, 2.05) is 0 Å². The predicted octanol–water partition coefficient (Wildman–Crippen LogP) is 3.70. The number of benzene rings is 1. The zero-order valence-corrected chi connectivity index (χ0v) is 11.9. The molecule has 1 aromatic carbocycles. The van der Waals surface area contributed by atoms with Gasteiger partial charge >= 0.3 is 0 Å². The van der Waals surface area contributed by atoms with Crippen LogP contribution in [0.3, 0.4) is 0 Å². The highest BCUT2D eigenvalue weighted by molar-refractivity contribution is 5.38. The molecule has 1 aliphatic heterocycles. The van der Waals surface area contributed by atoms with Gasteiger partial charge in [-0.2, -0.15) is 0 Å². The normalized spacial score (nSPS) is 13.9. The molecule has 1 aromatic rings. The van der Waals surface area contributed by atoms with Gasteiger partial charge in [0.15, 0.2) is 0 Å². The summed E-state index contributed by atoms with van der Waals surface area (Å²) in [6.07, 6.45) is 2.30. The van der Waals surface area contributed by atoms with E-state index in [9.17, 15) is 0 Å². The van der Waals surface area contributed by atoms with Crippen LogP contribution >= 0.6 is 0 Å². The number of hydrogen-bond donors (Lipinski definition) is 1. The minimum absolute atomic E-state index is 0.163. The van der Waals surface area contributed by atoms with E-state index in [0.717, 1.165) is 31.7 Å². The molecule has 0 amide bonds. The van der Waals surface area contributed by atoms with Gasteiger partial charge in [0, 0.05) is 12.1 Å². The van der Waals surface area contributed by atoms with E-state index in [4.69, 9.17) is 4.74 Å². The van der Waals surface area contributed by atoms with Gasteiger partial charge in [-0.1, -0.05) is 12.1 Å². The quantitative estimate of drug-likeness (QED) is 0.805. The Balaban J connectivity index is 0.000000771. The number of aryl methyl sites for hydroxylation is 1. The third kappa shape index (κ3) is 4.53. The fraction of sp³-hybridized carbons (Fsp3) is 0.500. The largest absolute Gasteiger partial charge is 0.493 e. The maximum atomic E-state index is 5.67. The van der Waals surface area contributed by atoms with E-state index in [1.54, 1.807) is 0 Å². The van der Waals surface area contributed by atoms with Gasteiger partial charge in [0.05, 0.1) is 6.61 Å². The second-order valence-electron chi connectivity index (χ2n) is 5.50. The number of ether oxygens (including phenoxy) is 1. The first kappa shape index (κ1) is 14.8. The summed E-state index contributed by atoms with van der Waals surface area (Å²) in [6.45, 7) is 14.3. The molecule has 0 aromatic heterocycles. The molecule has 0 radical (unpaired) electrons. The van der Waals surface area contributed by atoms with Crippen molar-refractivity contribution in [2.24, 2.45) is 0 Å². The molecule has 0 saturated heterocycles. The van der Waals surface area contributed by atoms with Crippen molar-refractivity contribution in [3.63, 3.8) is 0 Å². The summed E-state index contributed by atoms with van der Waals surface area (Å²) in [4.78, 5) is 0. The number of nitrogens with one attached hydrogen (secondary N) is 1. The Labute approximate surface area is 111 Å². The van der Waals surface area contributed by atoms with Gasteiger partial charge in [0.2, 0.25) is 0 Å². The Bertz CT molecular complexity index is 379. The summed E-state index contributed by atoms with van der Waals surface area (Å²) < 4.78 is 5.67. The van der Waals surface area contributed by atoms with Gasteiger partial charge in [-0.15, -0.1) is 13.2 Å². The molecule has 0 saturated carbocycles. The minimum Gasteiger partial charge on any atom is -0.493 e. The molecule has 18 heavy (non-hydrogen) atoms. The smallest absolute Gasteiger partial charge is 0.122 e. The third-order valence-corrected chi connectivity index (χ3v) is 2.80. The van der Waals surface area contributed by atoms with Crippen molar-refractivity contribution in [3.05, 3.63) is 42.5 Å². The van der Waals surface area contributed by atoms with Crippen molar-refractivity contribution >= 4 is 0 Å². The van der Waals surface area contributed by atoms with E-state index in [-0.39, 0.29) is 5.54 Å². The topological polar surface area (TPSA) is 21.3 Å². The van der Waals surface area contributed by atoms with Crippen LogP contribution in [-0.2, 0) is 13.0 Å². The summed E-state index contributed by atoms with van der Waals surface area (Å²) in [5, 5.41) is 3.49. The summed E-state index contributed by atoms with van der Waals surface area (Å²) in [5.41, 5.74) is 2.82. The Morgan fingerprint density at radius 1 is 1.28 bits per heavy atom. The lowest BCUT2D eigenvalue weighted by molar-refractivity contribution is 0.288. The predicted molar refractivity (Wildman–Crippen MR) is 78.1 cm³/mol. The van der Waals surface area contributed by atoms with Crippen LogP contribution in [-0.4, -0.2) is 12.1 Å². The molecule has 2 rings (SSSR count). The SMILES string of the molecule is C=C.CC(C)(C)NCc1ccc2c(c1)OCCC2.